The Hall–Kier alpha value is -1.02. The van der Waals surface area contributed by atoms with Gasteiger partial charge in [-0.1, -0.05) is 25.5 Å². The highest BCUT2D eigenvalue weighted by Crippen LogP contribution is 2.13. The zero-order valence-electron chi connectivity index (χ0n) is 11.3. The summed E-state index contributed by atoms with van der Waals surface area (Å²) in [6, 6.07) is 8.61. The third-order valence-electron chi connectivity index (χ3n) is 2.84. The first-order valence-corrected chi connectivity index (χ1v) is 6.56. The van der Waals surface area contributed by atoms with E-state index in [1.807, 2.05) is 13.8 Å². The lowest BCUT2D eigenvalue weighted by Crippen LogP contribution is -2.22. The van der Waals surface area contributed by atoms with Crippen molar-refractivity contribution in [1.29, 1.82) is 0 Å². The Balaban J connectivity index is 2.35. The van der Waals surface area contributed by atoms with Gasteiger partial charge in [-0.05, 0) is 50.8 Å². The number of benzene rings is 1. The van der Waals surface area contributed by atoms with Crippen LogP contribution in [0.15, 0.2) is 24.3 Å². The highest BCUT2D eigenvalue weighted by Gasteiger charge is 2.10. The quantitative estimate of drug-likeness (QED) is 0.757. The Morgan fingerprint density at radius 3 is 2.35 bits per heavy atom. The summed E-state index contributed by atoms with van der Waals surface area (Å²) in [4.78, 5) is 0. The largest absolute Gasteiger partial charge is 0.390 e. The van der Waals surface area contributed by atoms with Gasteiger partial charge in [0.25, 0.3) is 0 Å². The Morgan fingerprint density at radius 1 is 1.18 bits per heavy atom. The second kappa shape index (κ2) is 6.65. The van der Waals surface area contributed by atoms with Crippen LogP contribution >= 0.6 is 0 Å². The molecule has 0 saturated heterocycles. The van der Waals surface area contributed by atoms with Crippen molar-refractivity contribution in [2.24, 2.45) is 0 Å². The molecule has 0 saturated carbocycles. The van der Waals surface area contributed by atoms with E-state index in [9.17, 15) is 5.11 Å². The summed E-state index contributed by atoms with van der Waals surface area (Å²) >= 11 is 0. The fourth-order valence-corrected chi connectivity index (χ4v) is 1.68. The van der Waals surface area contributed by atoms with Crippen molar-refractivity contribution in [2.45, 2.75) is 52.1 Å². The SMILES string of the molecule is CCCCc1ccc(NCCC(C)(C)O)cc1. The summed E-state index contributed by atoms with van der Waals surface area (Å²) in [6.07, 6.45) is 4.42. The van der Waals surface area contributed by atoms with Gasteiger partial charge in [-0.3, -0.25) is 0 Å². The van der Waals surface area contributed by atoms with E-state index in [0.29, 0.717) is 0 Å². The number of aliphatic hydroxyl groups is 1. The van der Waals surface area contributed by atoms with Gasteiger partial charge >= 0.3 is 0 Å². The average molecular weight is 235 g/mol. The van der Waals surface area contributed by atoms with Crippen molar-refractivity contribution in [3.05, 3.63) is 29.8 Å². The van der Waals surface area contributed by atoms with Crippen LogP contribution in [0.5, 0.6) is 0 Å². The Kier molecular flexibility index (Phi) is 5.49. The fourth-order valence-electron chi connectivity index (χ4n) is 1.68. The second-order valence-electron chi connectivity index (χ2n) is 5.29. The van der Waals surface area contributed by atoms with E-state index in [0.717, 1.165) is 18.7 Å². The first-order valence-electron chi connectivity index (χ1n) is 6.56. The summed E-state index contributed by atoms with van der Waals surface area (Å²) in [5.41, 5.74) is 1.95. The number of anilines is 1. The molecule has 0 bridgehead atoms. The molecule has 0 heterocycles. The Bertz CT molecular complexity index is 311. The summed E-state index contributed by atoms with van der Waals surface area (Å²) in [6.45, 7) is 6.69. The number of hydrogen-bond donors (Lipinski definition) is 2. The van der Waals surface area contributed by atoms with Crippen LogP contribution < -0.4 is 5.32 Å². The molecule has 0 amide bonds. The molecule has 1 aromatic carbocycles. The lowest BCUT2D eigenvalue weighted by Gasteiger charge is -2.17. The fraction of sp³-hybridized carbons (Fsp3) is 0.600. The van der Waals surface area contributed by atoms with Crippen molar-refractivity contribution < 1.29 is 5.11 Å². The summed E-state index contributed by atoms with van der Waals surface area (Å²) in [5.74, 6) is 0. The van der Waals surface area contributed by atoms with Gasteiger partial charge in [-0.25, -0.2) is 0 Å². The van der Waals surface area contributed by atoms with Gasteiger partial charge in [0.05, 0.1) is 5.60 Å². The zero-order chi connectivity index (χ0) is 12.7. The number of rotatable bonds is 7. The standard InChI is InChI=1S/C15H25NO/c1-4-5-6-13-7-9-14(10-8-13)16-12-11-15(2,3)17/h7-10,16-17H,4-6,11-12H2,1-3H3. The van der Waals surface area contributed by atoms with Crippen LogP contribution in [0, 0.1) is 0 Å². The van der Waals surface area contributed by atoms with E-state index < -0.39 is 5.60 Å². The molecule has 0 aliphatic heterocycles. The molecule has 0 radical (unpaired) electrons. The van der Waals surface area contributed by atoms with E-state index in [-0.39, 0.29) is 0 Å². The van der Waals surface area contributed by atoms with Crippen LogP contribution in [0.4, 0.5) is 5.69 Å². The van der Waals surface area contributed by atoms with Gasteiger partial charge in [-0.15, -0.1) is 0 Å². The minimum Gasteiger partial charge on any atom is -0.390 e. The molecular formula is C15H25NO. The van der Waals surface area contributed by atoms with E-state index in [4.69, 9.17) is 0 Å². The monoisotopic (exact) mass is 235 g/mol. The van der Waals surface area contributed by atoms with Crippen LogP contribution in [0.3, 0.4) is 0 Å². The molecule has 1 aromatic rings. The number of nitrogens with one attached hydrogen (secondary N) is 1. The molecule has 2 heteroatoms. The highest BCUT2D eigenvalue weighted by atomic mass is 16.3. The average Bonchev–Trinajstić information content (AvgIpc) is 2.26. The second-order valence-corrected chi connectivity index (χ2v) is 5.29. The number of unbranched alkanes of at least 4 members (excludes halogenated alkanes) is 1. The Labute approximate surface area is 105 Å². The first kappa shape index (κ1) is 14.0. The van der Waals surface area contributed by atoms with Gasteiger partial charge in [-0.2, -0.15) is 0 Å². The number of aryl methyl sites for hydroxylation is 1. The lowest BCUT2D eigenvalue weighted by molar-refractivity contribution is 0.0749. The van der Waals surface area contributed by atoms with E-state index in [1.54, 1.807) is 0 Å². The Morgan fingerprint density at radius 2 is 1.82 bits per heavy atom. The van der Waals surface area contributed by atoms with Gasteiger partial charge in [0.15, 0.2) is 0 Å². The van der Waals surface area contributed by atoms with Crippen LogP contribution in [-0.4, -0.2) is 17.3 Å². The highest BCUT2D eigenvalue weighted by molar-refractivity contribution is 5.44. The summed E-state index contributed by atoms with van der Waals surface area (Å²) in [5, 5.41) is 12.9. The predicted molar refractivity (Wildman–Crippen MR) is 74.5 cm³/mol. The molecule has 0 spiro atoms. The predicted octanol–water partition coefficient (Wildman–Crippen LogP) is 3.60. The lowest BCUT2D eigenvalue weighted by atomic mass is 10.1. The van der Waals surface area contributed by atoms with E-state index in [2.05, 4.69) is 36.5 Å². The molecular weight excluding hydrogens is 210 g/mol. The van der Waals surface area contributed by atoms with Crippen molar-refractivity contribution in [3.63, 3.8) is 0 Å². The van der Waals surface area contributed by atoms with Crippen LogP contribution in [0.1, 0.15) is 45.6 Å². The van der Waals surface area contributed by atoms with Crippen molar-refractivity contribution in [2.75, 3.05) is 11.9 Å². The van der Waals surface area contributed by atoms with Crippen molar-refractivity contribution in [1.82, 2.24) is 0 Å². The van der Waals surface area contributed by atoms with Crippen LogP contribution in [-0.2, 0) is 6.42 Å². The molecule has 0 aromatic heterocycles. The van der Waals surface area contributed by atoms with Crippen molar-refractivity contribution in [3.8, 4) is 0 Å². The topological polar surface area (TPSA) is 32.3 Å². The molecule has 2 N–H and O–H groups in total. The number of hydrogen-bond acceptors (Lipinski definition) is 2. The molecule has 17 heavy (non-hydrogen) atoms. The molecule has 0 fully saturated rings. The molecule has 2 nitrogen and oxygen atoms in total. The molecule has 96 valence electrons. The molecule has 0 unspecified atom stereocenters. The van der Waals surface area contributed by atoms with Gasteiger partial charge < -0.3 is 10.4 Å². The third kappa shape index (κ3) is 6.32. The van der Waals surface area contributed by atoms with Crippen molar-refractivity contribution >= 4 is 5.69 Å². The summed E-state index contributed by atoms with van der Waals surface area (Å²) in [7, 11) is 0. The van der Waals surface area contributed by atoms with E-state index in [1.165, 1.54) is 24.8 Å². The first-order chi connectivity index (χ1) is 8.01. The zero-order valence-corrected chi connectivity index (χ0v) is 11.3. The van der Waals surface area contributed by atoms with E-state index >= 15 is 0 Å². The van der Waals surface area contributed by atoms with Gasteiger partial charge in [0.2, 0.25) is 0 Å². The normalized spacial score (nSPS) is 11.5. The molecule has 0 atom stereocenters. The minimum atomic E-state index is -0.589. The molecule has 1 rings (SSSR count). The van der Waals surface area contributed by atoms with Crippen LogP contribution in [0.25, 0.3) is 0 Å². The smallest absolute Gasteiger partial charge is 0.0608 e. The summed E-state index contributed by atoms with van der Waals surface area (Å²) < 4.78 is 0. The van der Waals surface area contributed by atoms with Gasteiger partial charge in [0.1, 0.15) is 0 Å². The molecule has 0 aliphatic rings. The maximum atomic E-state index is 9.60. The third-order valence-corrected chi connectivity index (χ3v) is 2.84. The maximum absolute atomic E-state index is 9.60. The van der Waals surface area contributed by atoms with Crippen LogP contribution in [0.2, 0.25) is 0 Å². The minimum absolute atomic E-state index is 0.589. The van der Waals surface area contributed by atoms with Gasteiger partial charge in [0, 0.05) is 12.2 Å². The maximum Gasteiger partial charge on any atom is 0.0608 e. The molecule has 0 aliphatic carbocycles.